The molecule has 3 aromatic carbocycles. The lowest BCUT2D eigenvalue weighted by Gasteiger charge is -2.29. The molecule has 0 saturated carbocycles. The van der Waals surface area contributed by atoms with Gasteiger partial charge in [0, 0.05) is 17.1 Å². The number of thioether (sulfide) groups is 1. The molecule has 1 atom stereocenters. The van der Waals surface area contributed by atoms with E-state index >= 15 is 0 Å². The van der Waals surface area contributed by atoms with Gasteiger partial charge in [0.05, 0.1) is 26.9 Å². The lowest BCUT2D eigenvalue weighted by atomic mass is 9.94. The Morgan fingerprint density at radius 3 is 2.42 bits per heavy atom. The van der Waals surface area contributed by atoms with Crippen LogP contribution in [0.15, 0.2) is 83.2 Å². The number of allylic oxidation sites excluding steroid dienone is 1. The van der Waals surface area contributed by atoms with Gasteiger partial charge in [-0.05, 0) is 66.9 Å². The summed E-state index contributed by atoms with van der Waals surface area (Å²) < 4.78 is 18.0. The van der Waals surface area contributed by atoms with Gasteiger partial charge in [0.25, 0.3) is 5.91 Å². The number of aryl methyl sites for hydroxylation is 1. The van der Waals surface area contributed by atoms with E-state index in [0.717, 1.165) is 11.3 Å². The molecule has 10 heteroatoms. The summed E-state index contributed by atoms with van der Waals surface area (Å²) in [6.45, 7) is 3.96. The maximum Gasteiger partial charge on any atom is 0.255 e. The molecule has 1 aliphatic rings. The van der Waals surface area contributed by atoms with Crippen molar-refractivity contribution in [2.45, 2.75) is 30.8 Å². The van der Waals surface area contributed by atoms with Crippen LogP contribution in [0.4, 0.5) is 11.6 Å². The zero-order valence-electron chi connectivity index (χ0n) is 23.0. The monoisotopic (exact) mass is 557 g/mol. The van der Waals surface area contributed by atoms with Crippen molar-refractivity contribution in [3.05, 3.63) is 94.7 Å². The number of aromatic nitrogens is 3. The molecule has 1 amide bonds. The van der Waals surface area contributed by atoms with E-state index in [4.69, 9.17) is 24.3 Å². The molecule has 0 unspecified atom stereocenters. The first-order valence-electron chi connectivity index (χ1n) is 12.7. The van der Waals surface area contributed by atoms with Crippen LogP contribution in [-0.4, -0.2) is 42.0 Å². The van der Waals surface area contributed by atoms with E-state index in [1.54, 1.807) is 62.0 Å². The number of nitrogens with zero attached hydrogens (tertiary/aromatic N) is 3. The van der Waals surface area contributed by atoms with Gasteiger partial charge in [-0.15, -0.1) is 5.10 Å². The summed E-state index contributed by atoms with van der Waals surface area (Å²) in [6.07, 6.45) is 0. The quantitative estimate of drug-likeness (QED) is 0.248. The molecule has 0 saturated heterocycles. The van der Waals surface area contributed by atoms with Crippen LogP contribution in [0, 0.1) is 6.92 Å². The summed E-state index contributed by atoms with van der Waals surface area (Å²) in [4.78, 5) is 18.6. The number of methoxy groups -OCH3 is 3. The third-order valence-electron chi connectivity index (χ3n) is 6.77. The highest BCUT2D eigenvalue weighted by molar-refractivity contribution is 7.98. The van der Waals surface area contributed by atoms with Crippen molar-refractivity contribution >= 4 is 29.3 Å². The van der Waals surface area contributed by atoms with Crippen molar-refractivity contribution < 1.29 is 19.0 Å². The van der Waals surface area contributed by atoms with Gasteiger partial charge in [-0.3, -0.25) is 4.79 Å². The third kappa shape index (κ3) is 5.48. The third-order valence-corrected chi connectivity index (χ3v) is 7.65. The van der Waals surface area contributed by atoms with Crippen LogP contribution in [0.3, 0.4) is 0 Å². The number of anilines is 2. The molecule has 0 aliphatic carbocycles. The minimum Gasteiger partial charge on any atom is -0.497 e. The molecule has 4 aromatic rings. The molecule has 5 rings (SSSR count). The predicted molar refractivity (Wildman–Crippen MR) is 156 cm³/mol. The molecular formula is C30H31N5O4S. The highest BCUT2D eigenvalue weighted by Gasteiger charge is 2.35. The average Bonchev–Trinajstić information content (AvgIpc) is 3.38. The van der Waals surface area contributed by atoms with Gasteiger partial charge in [0.15, 0.2) is 11.5 Å². The normalized spacial score (nSPS) is 14.3. The second-order valence-corrected chi connectivity index (χ2v) is 10.2. The molecule has 0 bridgehead atoms. The topological polar surface area (TPSA) is 99.5 Å². The molecule has 2 N–H and O–H groups in total. The van der Waals surface area contributed by atoms with E-state index in [1.165, 1.54) is 11.1 Å². The van der Waals surface area contributed by atoms with Gasteiger partial charge in [0.2, 0.25) is 11.1 Å². The van der Waals surface area contributed by atoms with Crippen LogP contribution in [0.25, 0.3) is 0 Å². The number of nitrogens with one attached hydrogen (secondary N) is 2. The van der Waals surface area contributed by atoms with Crippen molar-refractivity contribution in [2.24, 2.45) is 0 Å². The van der Waals surface area contributed by atoms with Crippen LogP contribution in [0.5, 0.6) is 17.2 Å². The molecule has 9 nitrogen and oxygen atoms in total. The lowest BCUT2D eigenvalue weighted by Crippen LogP contribution is -2.31. The Morgan fingerprint density at radius 2 is 1.73 bits per heavy atom. The molecule has 0 spiro atoms. The Bertz CT molecular complexity index is 1560. The summed E-state index contributed by atoms with van der Waals surface area (Å²) >= 11 is 1.55. The summed E-state index contributed by atoms with van der Waals surface area (Å²) in [5.41, 5.74) is 5.09. The van der Waals surface area contributed by atoms with Crippen LogP contribution < -0.4 is 24.8 Å². The number of hydrogen-bond donors (Lipinski definition) is 2. The molecule has 0 fully saturated rings. The molecular weight excluding hydrogens is 526 g/mol. The van der Waals surface area contributed by atoms with E-state index in [1.807, 2.05) is 37.3 Å². The van der Waals surface area contributed by atoms with E-state index < -0.39 is 6.04 Å². The van der Waals surface area contributed by atoms with Crippen molar-refractivity contribution in [2.75, 3.05) is 32.0 Å². The van der Waals surface area contributed by atoms with E-state index in [-0.39, 0.29) is 5.91 Å². The van der Waals surface area contributed by atoms with Gasteiger partial charge >= 0.3 is 0 Å². The number of rotatable bonds is 9. The maximum absolute atomic E-state index is 13.8. The highest BCUT2D eigenvalue weighted by Crippen LogP contribution is 2.40. The molecule has 1 aliphatic heterocycles. The zero-order chi connectivity index (χ0) is 28.2. The van der Waals surface area contributed by atoms with Crippen LogP contribution in [-0.2, 0) is 10.5 Å². The first-order valence-corrected chi connectivity index (χ1v) is 13.7. The van der Waals surface area contributed by atoms with Crippen molar-refractivity contribution in [3.8, 4) is 17.2 Å². The molecule has 2 heterocycles. The van der Waals surface area contributed by atoms with Gasteiger partial charge in [-0.25, -0.2) is 4.68 Å². The molecule has 206 valence electrons. The molecule has 0 radical (unpaired) electrons. The number of fused-ring (bicyclic) bond motifs is 1. The minimum atomic E-state index is -0.561. The summed E-state index contributed by atoms with van der Waals surface area (Å²) in [6, 6.07) is 20.5. The fourth-order valence-electron chi connectivity index (χ4n) is 4.60. The molecule has 40 heavy (non-hydrogen) atoms. The number of ether oxygens (including phenoxy) is 3. The first-order chi connectivity index (χ1) is 19.4. The fraction of sp³-hybridized carbons (Fsp3) is 0.233. The molecule has 1 aromatic heterocycles. The smallest absolute Gasteiger partial charge is 0.255 e. The fourth-order valence-corrected chi connectivity index (χ4v) is 5.51. The van der Waals surface area contributed by atoms with Crippen molar-refractivity contribution in [1.29, 1.82) is 0 Å². The van der Waals surface area contributed by atoms with Gasteiger partial charge < -0.3 is 24.8 Å². The SMILES string of the molecule is COc1ccc(NC(=O)C2=C(C)Nc3nc(SCc4ccccc4C)nn3[C@@H]2c2ccc(OC)c(OC)c2)cc1. The van der Waals surface area contributed by atoms with E-state index in [9.17, 15) is 4.79 Å². The number of benzene rings is 3. The Balaban J connectivity index is 1.52. The largest absolute Gasteiger partial charge is 0.497 e. The maximum atomic E-state index is 13.8. The predicted octanol–water partition coefficient (Wildman–Crippen LogP) is 5.83. The summed E-state index contributed by atoms with van der Waals surface area (Å²) in [7, 11) is 4.78. The number of amides is 1. The second-order valence-electron chi connectivity index (χ2n) is 9.24. The number of hydrogen-bond acceptors (Lipinski definition) is 8. The number of carbonyl (C=O) groups is 1. The van der Waals surface area contributed by atoms with Crippen LogP contribution in [0.2, 0.25) is 0 Å². The zero-order valence-corrected chi connectivity index (χ0v) is 23.8. The van der Waals surface area contributed by atoms with Crippen LogP contribution >= 0.6 is 11.8 Å². The average molecular weight is 558 g/mol. The Kier molecular flexibility index (Phi) is 7.97. The Hall–Kier alpha value is -4.44. The van der Waals surface area contributed by atoms with Gasteiger partial charge in [-0.2, -0.15) is 4.98 Å². The van der Waals surface area contributed by atoms with E-state index in [0.29, 0.717) is 45.3 Å². The van der Waals surface area contributed by atoms with Gasteiger partial charge in [0.1, 0.15) is 11.8 Å². The van der Waals surface area contributed by atoms with Crippen LogP contribution in [0.1, 0.15) is 29.7 Å². The minimum absolute atomic E-state index is 0.259. The Morgan fingerprint density at radius 1 is 0.975 bits per heavy atom. The van der Waals surface area contributed by atoms with Gasteiger partial charge in [-0.1, -0.05) is 42.1 Å². The standard InChI is InChI=1S/C30H31N5O4S/c1-18-8-6-7-9-21(18)17-40-30-33-29-31-19(2)26(28(36)32-22-11-13-23(37-3)14-12-22)27(35(29)34-30)20-10-15-24(38-4)25(16-20)39-5/h6-16,27H,17H2,1-5H3,(H,32,36)(H,31,33,34)/t27-/m1/s1. The first kappa shape index (κ1) is 27.1. The number of carbonyl (C=O) groups excluding carboxylic acids is 1. The Labute approximate surface area is 237 Å². The van der Waals surface area contributed by atoms with E-state index in [2.05, 4.69) is 29.7 Å². The second kappa shape index (κ2) is 11.7. The van der Waals surface area contributed by atoms with Crippen molar-refractivity contribution in [3.63, 3.8) is 0 Å². The summed E-state index contributed by atoms with van der Waals surface area (Å²) in [5, 5.41) is 11.8. The lowest BCUT2D eigenvalue weighted by molar-refractivity contribution is -0.113. The summed E-state index contributed by atoms with van der Waals surface area (Å²) in [5.74, 6) is 2.89. The highest BCUT2D eigenvalue weighted by atomic mass is 32.2. The van der Waals surface area contributed by atoms with Crippen molar-refractivity contribution in [1.82, 2.24) is 14.8 Å².